The lowest BCUT2D eigenvalue weighted by atomic mass is 9.85. The Balaban J connectivity index is 1.78. The van der Waals surface area contributed by atoms with Crippen LogP contribution in [0, 0.1) is 5.92 Å². The van der Waals surface area contributed by atoms with Gasteiger partial charge in [-0.2, -0.15) is 0 Å². The van der Waals surface area contributed by atoms with Gasteiger partial charge in [0.1, 0.15) is 5.82 Å². The Bertz CT molecular complexity index is 503. The molecule has 3 rings (SSSR count). The number of nitrogens with one attached hydrogen (secondary N) is 1. The second-order valence-electron chi connectivity index (χ2n) is 6.23. The number of carbonyl (C=O) groups is 1. The number of anilines is 1. The summed E-state index contributed by atoms with van der Waals surface area (Å²) in [5, 5.41) is 3.28. The molecule has 0 radical (unpaired) electrons. The third kappa shape index (κ3) is 2.89. The van der Waals surface area contributed by atoms with Crippen molar-refractivity contribution in [1.82, 2.24) is 9.88 Å². The minimum atomic E-state index is 0.163. The largest absolute Gasteiger partial charge is 0.369 e. The molecule has 2 aliphatic rings. The Hall–Kier alpha value is -1.58. The number of hydrogen-bond acceptors (Lipinski definition) is 3. The fraction of sp³-hybridized carbons (Fsp3) is 0.647. The van der Waals surface area contributed by atoms with Crippen LogP contribution >= 0.6 is 0 Å². The number of pyridine rings is 1. The summed E-state index contributed by atoms with van der Waals surface area (Å²) in [6.45, 7) is 3.88. The van der Waals surface area contributed by atoms with E-state index in [0.717, 1.165) is 36.8 Å². The first-order valence-corrected chi connectivity index (χ1v) is 8.31. The highest BCUT2D eigenvalue weighted by Gasteiger charge is 2.38. The van der Waals surface area contributed by atoms with Crippen LogP contribution in [0.3, 0.4) is 0 Å². The van der Waals surface area contributed by atoms with Gasteiger partial charge in [0.15, 0.2) is 0 Å². The van der Waals surface area contributed by atoms with E-state index in [-0.39, 0.29) is 5.91 Å². The van der Waals surface area contributed by atoms with E-state index in [0.29, 0.717) is 6.04 Å². The highest BCUT2D eigenvalue weighted by Crippen LogP contribution is 2.37. The summed E-state index contributed by atoms with van der Waals surface area (Å²) >= 11 is 0. The van der Waals surface area contributed by atoms with E-state index in [1.165, 1.54) is 32.1 Å². The highest BCUT2D eigenvalue weighted by molar-refractivity contribution is 5.99. The van der Waals surface area contributed by atoms with Gasteiger partial charge >= 0.3 is 0 Å². The monoisotopic (exact) mass is 287 g/mol. The van der Waals surface area contributed by atoms with Gasteiger partial charge in [-0.05, 0) is 43.7 Å². The number of fused-ring (bicyclic) bond motifs is 1. The number of amides is 1. The number of rotatable bonds is 4. The lowest BCUT2D eigenvalue weighted by molar-refractivity contribution is 0.0690. The zero-order valence-electron chi connectivity index (χ0n) is 12.8. The molecule has 0 spiro atoms. The summed E-state index contributed by atoms with van der Waals surface area (Å²) in [7, 11) is 0. The van der Waals surface area contributed by atoms with Crippen molar-refractivity contribution < 1.29 is 4.79 Å². The molecule has 0 bridgehead atoms. The van der Waals surface area contributed by atoms with Crippen LogP contribution in [-0.4, -0.2) is 34.9 Å². The Kier molecular flexibility index (Phi) is 4.42. The third-order valence-corrected chi connectivity index (χ3v) is 4.85. The molecule has 2 fully saturated rings. The van der Waals surface area contributed by atoms with Crippen molar-refractivity contribution in [3.05, 3.63) is 23.9 Å². The van der Waals surface area contributed by atoms with Crippen LogP contribution < -0.4 is 5.32 Å². The first-order chi connectivity index (χ1) is 10.3. The van der Waals surface area contributed by atoms with Crippen LogP contribution in [0.15, 0.2) is 18.3 Å². The molecule has 1 aromatic rings. The van der Waals surface area contributed by atoms with E-state index in [9.17, 15) is 4.79 Å². The molecule has 1 saturated heterocycles. The van der Waals surface area contributed by atoms with E-state index in [1.807, 2.05) is 12.1 Å². The molecule has 2 heterocycles. The number of aromatic nitrogens is 1. The summed E-state index contributed by atoms with van der Waals surface area (Å²) < 4.78 is 0. The van der Waals surface area contributed by atoms with Crippen LogP contribution in [-0.2, 0) is 0 Å². The maximum absolute atomic E-state index is 12.9. The van der Waals surface area contributed by atoms with Crippen LogP contribution in [0.5, 0.6) is 0 Å². The molecule has 114 valence electrons. The second-order valence-corrected chi connectivity index (χ2v) is 6.23. The molecule has 2 atom stereocenters. The topological polar surface area (TPSA) is 45.2 Å². The van der Waals surface area contributed by atoms with Crippen LogP contribution in [0.2, 0.25) is 0 Å². The van der Waals surface area contributed by atoms with Gasteiger partial charge in [0.2, 0.25) is 0 Å². The molecule has 4 heteroatoms. The fourth-order valence-electron chi connectivity index (χ4n) is 3.77. The molecule has 1 N–H and O–H groups in total. The molecular formula is C17H25N3O. The lowest BCUT2D eigenvalue weighted by Gasteiger charge is -2.32. The predicted octanol–water partition coefficient (Wildman–Crippen LogP) is 3.31. The normalized spacial score (nSPS) is 24.7. The quantitative estimate of drug-likeness (QED) is 0.924. The second kappa shape index (κ2) is 6.46. The van der Waals surface area contributed by atoms with Gasteiger partial charge in [0.05, 0.1) is 5.56 Å². The summed E-state index contributed by atoms with van der Waals surface area (Å²) in [4.78, 5) is 19.4. The average Bonchev–Trinajstić information content (AvgIpc) is 2.96. The maximum atomic E-state index is 12.9. The van der Waals surface area contributed by atoms with Gasteiger partial charge in [-0.3, -0.25) is 4.79 Å². The zero-order valence-corrected chi connectivity index (χ0v) is 12.8. The van der Waals surface area contributed by atoms with E-state index in [4.69, 9.17) is 0 Å². The molecule has 1 amide bonds. The summed E-state index contributed by atoms with van der Waals surface area (Å²) in [5.41, 5.74) is 0.733. The smallest absolute Gasteiger partial charge is 0.257 e. The van der Waals surface area contributed by atoms with Gasteiger partial charge in [0.25, 0.3) is 5.91 Å². The number of likely N-dealkylation sites (tertiary alicyclic amines) is 1. The maximum Gasteiger partial charge on any atom is 0.257 e. The van der Waals surface area contributed by atoms with Crippen LogP contribution in [0.1, 0.15) is 55.8 Å². The first kappa shape index (κ1) is 14.4. The van der Waals surface area contributed by atoms with Crippen LogP contribution in [0.25, 0.3) is 0 Å². The van der Waals surface area contributed by atoms with Gasteiger partial charge in [-0.25, -0.2) is 4.98 Å². The molecular weight excluding hydrogens is 262 g/mol. The molecule has 4 nitrogen and oxygen atoms in total. The Morgan fingerprint density at radius 1 is 1.38 bits per heavy atom. The van der Waals surface area contributed by atoms with Gasteiger partial charge in [-0.15, -0.1) is 0 Å². The van der Waals surface area contributed by atoms with Crippen molar-refractivity contribution in [3.63, 3.8) is 0 Å². The number of nitrogens with zero attached hydrogens (tertiary/aromatic N) is 2. The molecule has 0 aromatic carbocycles. The van der Waals surface area contributed by atoms with Crippen molar-refractivity contribution in [2.24, 2.45) is 5.92 Å². The molecule has 1 aliphatic carbocycles. The fourth-order valence-corrected chi connectivity index (χ4v) is 3.77. The first-order valence-electron chi connectivity index (χ1n) is 8.31. The van der Waals surface area contributed by atoms with Gasteiger partial charge < -0.3 is 10.2 Å². The van der Waals surface area contributed by atoms with Gasteiger partial charge in [0, 0.05) is 25.3 Å². The van der Waals surface area contributed by atoms with Crippen molar-refractivity contribution in [1.29, 1.82) is 0 Å². The van der Waals surface area contributed by atoms with Crippen molar-refractivity contribution in [3.8, 4) is 0 Å². The Morgan fingerprint density at radius 2 is 2.24 bits per heavy atom. The van der Waals surface area contributed by atoms with Crippen molar-refractivity contribution in [2.75, 3.05) is 18.4 Å². The molecule has 21 heavy (non-hydrogen) atoms. The molecule has 2 unspecified atom stereocenters. The van der Waals surface area contributed by atoms with Crippen molar-refractivity contribution in [2.45, 2.75) is 51.5 Å². The van der Waals surface area contributed by atoms with E-state index in [2.05, 4.69) is 22.1 Å². The molecule has 1 aliphatic heterocycles. The Morgan fingerprint density at radius 3 is 3.10 bits per heavy atom. The van der Waals surface area contributed by atoms with Gasteiger partial charge in [-0.1, -0.05) is 19.8 Å². The van der Waals surface area contributed by atoms with Crippen LogP contribution in [0.4, 0.5) is 5.82 Å². The zero-order chi connectivity index (χ0) is 14.7. The minimum Gasteiger partial charge on any atom is -0.369 e. The lowest BCUT2D eigenvalue weighted by Crippen LogP contribution is -2.39. The molecule has 1 saturated carbocycles. The van der Waals surface area contributed by atoms with E-state index >= 15 is 0 Å². The average molecular weight is 287 g/mol. The standard InChI is InChI=1S/C17H25N3O/c1-2-10-18-16-14(7-5-11-19-16)17(21)20-12-9-13-6-3-4-8-15(13)20/h5,7,11,13,15H,2-4,6,8-10,12H2,1H3,(H,18,19). The predicted molar refractivity (Wildman–Crippen MR) is 84.4 cm³/mol. The summed E-state index contributed by atoms with van der Waals surface area (Å²) in [6, 6.07) is 4.23. The summed E-state index contributed by atoms with van der Waals surface area (Å²) in [5.74, 6) is 1.63. The third-order valence-electron chi connectivity index (χ3n) is 4.85. The van der Waals surface area contributed by atoms with E-state index < -0.39 is 0 Å². The number of carbonyl (C=O) groups excluding carboxylic acids is 1. The summed E-state index contributed by atoms with van der Waals surface area (Å²) in [6.07, 6.45) is 9.02. The van der Waals surface area contributed by atoms with E-state index in [1.54, 1.807) is 6.20 Å². The highest BCUT2D eigenvalue weighted by atomic mass is 16.2. The number of hydrogen-bond donors (Lipinski definition) is 1. The Labute approximate surface area is 126 Å². The minimum absolute atomic E-state index is 0.163. The van der Waals surface area contributed by atoms with Crippen molar-refractivity contribution >= 4 is 11.7 Å². The molecule has 1 aromatic heterocycles. The SMILES string of the molecule is CCCNc1ncccc1C(=O)N1CCC2CCCCC21.